The van der Waals surface area contributed by atoms with Crippen LogP contribution in [-0.4, -0.2) is 33.2 Å². The molecule has 0 saturated carbocycles. The average molecular weight is 252 g/mol. The Hall–Kier alpha value is -1.75. The smallest absolute Gasteiger partial charge is 0.216 e. The highest BCUT2D eigenvalue weighted by molar-refractivity contribution is 5.72. The largest absolute Gasteiger partial charge is 0.497 e. The van der Waals surface area contributed by atoms with Gasteiger partial charge in [0.2, 0.25) is 5.91 Å². The number of methoxy groups -OCH3 is 2. The summed E-state index contributed by atoms with van der Waals surface area (Å²) in [5.74, 6) is 1.60. The van der Waals surface area contributed by atoms with Crippen LogP contribution in [0.15, 0.2) is 18.2 Å². The van der Waals surface area contributed by atoms with Crippen LogP contribution in [0, 0.1) is 0 Å². The first-order valence-electron chi connectivity index (χ1n) is 5.83. The van der Waals surface area contributed by atoms with Gasteiger partial charge in [-0.15, -0.1) is 0 Å². The molecule has 0 spiro atoms. The van der Waals surface area contributed by atoms with E-state index in [9.17, 15) is 4.79 Å². The van der Waals surface area contributed by atoms with E-state index in [1.165, 1.54) is 6.92 Å². The molecular weight excluding hydrogens is 232 g/mol. The zero-order chi connectivity index (χ0) is 13.4. The molecular formula is C13H20N2O3. The molecule has 2 N–H and O–H groups in total. The first-order chi connectivity index (χ1) is 8.67. The maximum absolute atomic E-state index is 10.7. The molecule has 0 aliphatic heterocycles. The van der Waals surface area contributed by atoms with Gasteiger partial charge < -0.3 is 20.1 Å². The summed E-state index contributed by atoms with van der Waals surface area (Å²) in [4.78, 5) is 10.7. The van der Waals surface area contributed by atoms with Crippen molar-refractivity contribution in [3.63, 3.8) is 0 Å². The fraction of sp³-hybridized carbons (Fsp3) is 0.462. The summed E-state index contributed by atoms with van der Waals surface area (Å²) in [5.41, 5.74) is 1.03. The Kier molecular flexibility index (Phi) is 6.00. The summed E-state index contributed by atoms with van der Waals surface area (Å²) >= 11 is 0. The van der Waals surface area contributed by atoms with Gasteiger partial charge in [0, 0.05) is 32.1 Å². The molecule has 100 valence electrons. The zero-order valence-electron chi connectivity index (χ0n) is 11.1. The Morgan fingerprint density at radius 2 is 2.00 bits per heavy atom. The second-order valence-corrected chi connectivity index (χ2v) is 3.84. The van der Waals surface area contributed by atoms with E-state index in [1.54, 1.807) is 14.2 Å². The van der Waals surface area contributed by atoms with E-state index in [-0.39, 0.29) is 5.91 Å². The maximum Gasteiger partial charge on any atom is 0.216 e. The van der Waals surface area contributed by atoms with Gasteiger partial charge in [-0.3, -0.25) is 4.79 Å². The number of hydrogen-bond acceptors (Lipinski definition) is 4. The lowest BCUT2D eigenvalue weighted by Crippen LogP contribution is -2.29. The summed E-state index contributed by atoms with van der Waals surface area (Å²) in [7, 11) is 3.28. The topological polar surface area (TPSA) is 59.6 Å². The third kappa shape index (κ3) is 4.63. The summed E-state index contributed by atoms with van der Waals surface area (Å²) in [5, 5.41) is 5.96. The van der Waals surface area contributed by atoms with Crippen molar-refractivity contribution in [2.24, 2.45) is 0 Å². The van der Waals surface area contributed by atoms with E-state index in [4.69, 9.17) is 9.47 Å². The van der Waals surface area contributed by atoms with Crippen molar-refractivity contribution in [3.05, 3.63) is 23.8 Å². The molecule has 0 bridgehead atoms. The lowest BCUT2D eigenvalue weighted by molar-refractivity contribution is -0.118. The Bertz CT molecular complexity index is 394. The van der Waals surface area contributed by atoms with Crippen molar-refractivity contribution in [3.8, 4) is 11.5 Å². The number of carbonyl (C=O) groups excluding carboxylic acids is 1. The molecule has 5 nitrogen and oxygen atoms in total. The van der Waals surface area contributed by atoms with Crippen molar-refractivity contribution >= 4 is 5.91 Å². The van der Waals surface area contributed by atoms with Crippen molar-refractivity contribution in [1.29, 1.82) is 0 Å². The van der Waals surface area contributed by atoms with E-state index < -0.39 is 0 Å². The quantitative estimate of drug-likeness (QED) is 0.709. The first kappa shape index (κ1) is 14.3. The highest BCUT2D eigenvalue weighted by Gasteiger charge is 2.04. The molecule has 1 aromatic carbocycles. The average Bonchev–Trinajstić information content (AvgIpc) is 2.37. The van der Waals surface area contributed by atoms with Crippen LogP contribution in [0.5, 0.6) is 11.5 Å². The van der Waals surface area contributed by atoms with Crippen molar-refractivity contribution in [1.82, 2.24) is 10.6 Å². The molecule has 0 fully saturated rings. The van der Waals surface area contributed by atoms with E-state index >= 15 is 0 Å². The molecule has 0 unspecified atom stereocenters. The van der Waals surface area contributed by atoms with Gasteiger partial charge in [-0.1, -0.05) is 0 Å². The fourth-order valence-electron chi connectivity index (χ4n) is 1.57. The second kappa shape index (κ2) is 7.55. The number of nitrogens with one attached hydrogen (secondary N) is 2. The van der Waals surface area contributed by atoms with Gasteiger partial charge >= 0.3 is 0 Å². The highest BCUT2D eigenvalue weighted by atomic mass is 16.5. The first-order valence-corrected chi connectivity index (χ1v) is 5.83. The Labute approximate surface area is 107 Å². The predicted octanol–water partition coefficient (Wildman–Crippen LogP) is 0.929. The van der Waals surface area contributed by atoms with Gasteiger partial charge in [0.25, 0.3) is 0 Å². The molecule has 0 heterocycles. The van der Waals surface area contributed by atoms with Gasteiger partial charge in [0.05, 0.1) is 14.2 Å². The van der Waals surface area contributed by atoms with E-state index in [1.807, 2.05) is 18.2 Å². The van der Waals surface area contributed by atoms with Gasteiger partial charge in [-0.2, -0.15) is 0 Å². The van der Waals surface area contributed by atoms with Crippen LogP contribution in [0.2, 0.25) is 0 Å². The van der Waals surface area contributed by atoms with E-state index in [0.29, 0.717) is 19.6 Å². The number of ether oxygens (including phenoxy) is 2. The van der Waals surface area contributed by atoms with Crippen LogP contribution >= 0.6 is 0 Å². The number of amides is 1. The normalized spacial score (nSPS) is 9.94. The minimum absolute atomic E-state index is 0.0178. The number of rotatable bonds is 7. The third-order valence-electron chi connectivity index (χ3n) is 2.48. The monoisotopic (exact) mass is 252 g/mol. The molecule has 0 aromatic heterocycles. The van der Waals surface area contributed by atoms with Crippen LogP contribution in [0.4, 0.5) is 0 Å². The fourth-order valence-corrected chi connectivity index (χ4v) is 1.57. The molecule has 0 radical (unpaired) electrons. The van der Waals surface area contributed by atoms with Crippen LogP contribution in [0.3, 0.4) is 0 Å². The van der Waals surface area contributed by atoms with Crippen molar-refractivity contribution in [2.75, 3.05) is 27.3 Å². The predicted molar refractivity (Wildman–Crippen MR) is 69.9 cm³/mol. The second-order valence-electron chi connectivity index (χ2n) is 3.84. The van der Waals surface area contributed by atoms with Gasteiger partial charge in [0.15, 0.2) is 0 Å². The Morgan fingerprint density at radius 1 is 1.22 bits per heavy atom. The van der Waals surface area contributed by atoms with Crippen LogP contribution in [-0.2, 0) is 11.3 Å². The number of carbonyl (C=O) groups is 1. The summed E-state index contributed by atoms with van der Waals surface area (Å²) in [6.07, 6.45) is 0. The lowest BCUT2D eigenvalue weighted by Gasteiger charge is -2.11. The molecule has 18 heavy (non-hydrogen) atoms. The molecule has 1 aromatic rings. The lowest BCUT2D eigenvalue weighted by atomic mass is 10.2. The summed E-state index contributed by atoms with van der Waals surface area (Å²) in [6, 6.07) is 5.67. The zero-order valence-corrected chi connectivity index (χ0v) is 11.1. The van der Waals surface area contributed by atoms with E-state index in [2.05, 4.69) is 10.6 Å². The minimum atomic E-state index is -0.0178. The van der Waals surface area contributed by atoms with Crippen LogP contribution in [0.25, 0.3) is 0 Å². The van der Waals surface area contributed by atoms with Crippen LogP contribution in [0.1, 0.15) is 12.5 Å². The molecule has 1 amide bonds. The minimum Gasteiger partial charge on any atom is -0.497 e. The standard InChI is InChI=1S/C13H20N2O3/c1-10(16)15-7-6-14-9-11-8-12(17-2)4-5-13(11)18-3/h4-5,8,14H,6-7,9H2,1-3H3,(H,15,16). The molecule has 1 rings (SSSR count). The maximum atomic E-state index is 10.7. The summed E-state index contributed by atoms with van der Waals surface area (Å²) < 4.78 is 10.4. The Morgan fingerprint density at radius 3 is 2.61 bits per heavy atom. The SMILES string of the molecule is COc1ccc(OC)c(CNCCNC(C)=O)c1. The van der Waals surface area contributed by atoms with E-state index in [0.717, 1.165) is 17.1 Å². The van der Waals surface area contributed by atoms with Crippen molar-refractivity contribution in [2.45, 2.75) is 13.5 Å². The molecule has 0 aliphatic rings. The Balaban J connectivity index is 2.47. The molecule has 0 atom stereocenters. The molecule has 5 heteroatoms. The van der Waals surface area contributed by atoms with Gasteiger partial charge in [-0.05, 0) is 18.2 Å². The molecule has 0 saturated heterocycles. The third-order valence-corrected chi connectivity index (χ3v) is 2.48. The molecule has 0 aliphatic carbocycles. The number of benzene rings is 1. The number of hydrogen-bond donors (Lipinski definition) is 2. The van der Waals surface area contributed by atoms with Gasteiger partial charge in [0.1, 0.15) is 11.5 Å². The summed E-state index contributed by atoms with van der Waals surface area (Å²) in [6.45, 7) is 3.49. The van der Waals surface area contributed by atoms with Gasteiger partial charge in [-0.25, -0.2) is 0 Å². The van der Waals surface area contributed by atoms with Crippen molar-refractivity contribution < 1.29 is 14.3 Å². The highest BCUT2D eigenvalue weighted by Crippen LogP contribution is 2.23. The van der Waals surface area contributed by atoms with Crippen LogP contribution < -0.4 is 20.1 Å².